The van der Waals surface area contributed by atoms with E-state index in [9.17, 15) is 13.2 Å². The molecule has 4 rings (SSSR count). The van der Waals surface area contributed by atoms with E-state index in [0.29, 0.717) is 18.6 Å². The first-order valence-corrected chi connectivity index (χ1v) is 14.5. The molecule has 3 atom stereocenters. The van der Waals surface area contributed by atoms with Crippen molar-refractivity contribution in [2.45, 2.75) is 69.5 Å². The van der Waals surface area contributed by atoms with E-state index in [1.54, 1.807) is 24.3 Å². The second-order valence-electron chi connectivity index (χ2n) is 10.8. The SMILES string of the molecule is Cc1ccc(S(=O)(=O)N[C@@H]2CCC[C@H]2[C@@H](N=C(c2ccccc2)c2ccccc2)C(=O)OC(C)(C)C)cc1. The lowest BCUT2D eigenvalue weighted by atomic mass is 9.93. The van der Waals surface area contributed by atoms with Gasteiger partial charge in [-0.15, -0.1) is 0 Å². The molecule has 7 heteroatoms. The van der Waals surface area contributed by atoms with Crippen LogP contribution in [0.25, 0.3) is 0 Å². The van der Waals surface area contributed by atoms with Crippen molar-refractivity contribution in [2.75, 3.05) is 0 Å². The fourth-order valence-corrected chi connectivity index (χ4v) is 6.15. The summed E-state index contributed by atoms with van der Waals surface area (Å²) in [6.45, 7) is 7.39. The molecule has 1 aliphatic carbocycles. The van der Waals surface area contributed by atoms with Gasteiger partial charge >= 0.3 is 5.97 Å². The molecule has 0 bridgehead atoms. The van der Waals surface area contributed by atoms with Gasteiger partial charge in [0.2, 0.25) is 10.0 Å². The number of nitrogens with zero attached hydrogens (tertiary/aromatic N) is 1. The highest BCUT2D eigenvalue weighted by Gasteiger charge is 2.41. The first-order valence-electron chi connectivity index (χ1n) is 13.0. The van der Waals surface area contributed by atoms with Crippen molar-refractivity contribution >= 4 is 21.7 Å². The lowest BCUT2D eigenvalue weighted by Gasteiger charge is -2.29. The molecule has 6 nitrogen and oxygen atoms in total. The zero-order valence-electron chi connectivity index (χ0n) is 22.4. The molecule has 0 heterocycles. The summed E-state index contributed by atoms with van der Waals surface area (Å²) in [4.78, 5) is 18.9. The number of esters is 1. The normalized spacial score (nSPS) is 18.5. The minimum atomic E-state index is -3.77. The van der Waals surface area contributed by atoms with Crippen LogP contribution in [0.4, 0.5) is 0 Å². The highest BCUT2D eigenvalue weighted by molar-refractivity contribution is 7.89. The third-order valence-corrected chi connectivity index (χ3v) is 8.13. The molecule has 38 heavy (non-hydrogen) atoms. The smallest absolute Gasteiger partial charge is 0.331 e. The molecule has 0 unspecified atom stereocenters. The fourth-order valence-electron chi connectivity index (χ4n) is 4.83. The van der Waals surface area contributed by atoms with Gasteiger partial charge < -0.3 is 4.74 Å². The number of hydrogen-bond donors (Lipinski definition) is 1. The number of benzene rings is 3. The van der Waals surface area contributed by atoms with Gasteiger partial charge in [-0.25, -0.2) is 17.9 Å². The molecule has 0 spiro atoms. The maximum absolute atomic E-state index is 13.7. The molecule has 0 aliphatic heterocycles. The Morgan fingerprint density at radius 1 is 0.895 bits per heavy atom. The summed E-state index contributed by atoms with van der Waals surface area (Å²) in [6.07, 6.45) is 2.06. The van der Waals surface area contributed by atoms with Crippen molar-refractivity contribution < 1.29 is 17.9 Å². The Balaban J connectivity index is 1.75. The van der Waals surface area contributed by atoms with Crippen molar-refractivity contribution in [2.24, 2.45) is 10.9 Å². The monoisotopic (exact) mass is 532 g/mol. The maximum atomic E-state index is 13.7. The van der Waals surface area contributed by atoms with Crippen molar-refractivity contribution in [3.8, 4) is 0 Å². The average Bonchev–Trinajstić information content (AvgIpc) is 3.31. The number of aryl methyl sites for hydroxylation is 1. The standard InChI is InChI=1S/C31H36N2O4S/c1-22-18-20-25(21-19-22)38(35,36)33-27-17-11-16-26(27)29(30(34)37-31(2,3)4)32-28(23-12-7-5-8-13-23)24-14-9-6-10-15-24/h5-10,12-15,18-21,26-27,29,33H,11,16-17H2,1-4H3/t26-,27-,29-/m1/s1. The predicted molar refractivity (Wildman–Crippen MR) is 151 cm³/mol. The summed E-state index contributed by atoms with van der Waals surface area (Å²) in [7, 11) is -3.77. The zero-order chi connectivity index (χ0) is 27.3. The van der Waals surface area contributed by atoms with E-state index in [1.807, 2.05) is 88.4 Å². The van der Waals surface area contributed by atoms with E-state index in [4.69, 9.17) is 9.73 Å². The van der Waals surface area contributed by atoms with E-state index in [-0.39, 0.29) is 10.8 Å². The van der Waals surface area contributed by atoms with Crippen LogP contribution in [0.1, 0.15) is 56.7 Å². The van der Waals surface area contributed by atoms with Crippen LogP contribution in [0.5, 0.6) is 0 Å². The van der Waals surface area contributed by atoms with Crippen LogP contribution in [0.2, 0.25) is 0 Å². The molecule has 1 saturated carbocycles. The minimum Gasteiger partial charge on any atom is -0.458 e. The number of ether oxygens (including phenoxy) is 1. The molecule has 0 saturated heterocycles. The molecule has 1 N–H and O–H groups in total. The Kier molecular flexibility index (Phi) is 8.48. The quantitative estimate of drug-likeness (QED) is 0.298. The van der Waals surface area contributed by atoms with Crippen LogP contribution in [0, 0.1) is 12.8 Å². The van der Waals surface area contributed by atoms with E-state index < -0.39 is 33.7 Å². The maximum Gasteiger partial charge on any atom is 0.331 e. The van der Waals surface area contributed by atoms with Crippen LogP contribution in [-0.2, 0) is 19.6 Å². The first kappa shape index (κ1) is 27.7. The first-order chi connectivity index (χ1) is 18.0. The van der Waals surface area contributed by atoms with Gasteiger partial charge in [-0.05, 0) is 52.7 Å². The Morgan fingerprint density at radius 2 is 1.45 bits per heavy atom. The lowest BCUT2D eigenvalue weighted by Crippen LogP contribution is -2.45. The molecular formula is C31H36N2O4S. The summed E-state index contributed by atoms with van der Waals surface area (Å²) in [5.41, 5.74) is 2.70. The number of carbonyl (C=O) groups excluding carboxylic acids is 1. The second kappa shape index (κ2) is 11.6. The molecule has 0 aromatic heterocycles. The number of aliphatic imine (C=N–C) groups is 1. The van der Waals surface area contributed by atoms with E-state index in [1.165, 1.54) is 0 Å². The van der Waals surface area contributed by atoms with Crippen LogP contribution < -0.4 is 4.72 Å². The lowest BCUT2D eigenvalue weighted by molar-refractivity contribution is -0.157. The molecule has 200 valence electrons. The van der Waals surface area contributed by atoms with Crippen molar-refractivity contribution in [3.05, 3.63) is 102 Å². The molecule has 1 aliphatic rings. The molecule has 3 aromatic rings. The van der Waals surface area contributed by atoms with Gasteiger partial charge in [0.05, 0.1) is 10.6 Å². The summed E-state index contributed by atoms with van der Waals surface area (Å²) in [5, 5.41) is 0. The van der Waals surface area contributed by atoms with Crippen LogP contribution in [0.3, 0.4) is 0 Å². The topological polar surface area (TPSA) is 84.8 Å². The fraction of sp³-hybridized carbons (Fsp3) is 0.355. The largest absolute Gasteiger partial charge is 0.458 e. The van der Waals surface area contributed by atoms with Gasteiger partial charge in [0, 0.05) is 23.1 Å². The van der Waals surface area contributed by atoms with E-state index >= 15 is 0 Å². The van der Waals surface area contributed by atoms with Crippen molar-refractivity contribution in [3.63, 3.8) is 0 Å². The summed E-state index contributed by atoms with van der Waals surface area (Å²) < 4.78 is 35.3. The third kappa shape index (κ3) is 6.97. The number of hydrogen-bond acceptors (Lipinski definition) is 5. The zero-order valence-corrected chi connectivity index (χ0v) is 23.2. The Labute approximate surface area is 226 Å². The van der Waals surface area contributed by atoms with E-state index in [2.05, 4.69) is 4.72 Å². The van der Waals surface area contributed by atoms with E-state index in [0.717, 1.165) is 23.1 Å². The third-order valence-electron chi connectivity index (χ3n) is 6.62. The second-order valence-corrected chi connectivity index (χ2v) is 12.5. The Bertz CT molecular complexity index is 1320. The van der Waals surface area contributed by atoms with Crippen LogP contribution in [0.15, 0.2) is 94.8 Å². The Morgan fingerprint density at radius 3 is 1.97 bits per heavy atom. The van der Waals surface area contributed by atoms with Gasteiger partial charge in [-0.3, -0.25) is 4.99 Å². The highest BCUT2D eigenvalue weighted by atomic mass is 32.2. The highest BCUT2D eigenvalue weighted by Crippen LogP contribution is 2.33. The van der Waals surface area contributed by atoms with Crippen LogP contribution >= 0.6 is 0 Å². The predicted octanol–water partition coefficient (Wildman–Crippen LogP) is 5.69. The Hall–Kier alpha value is -3.29. The number of nitrogens with one attached hydrogen (secondary N) is 1. The molecule has 3 aromatic carbocycles. The van der Waals surface area contributed by atoms with Gasteiger partial charge in [-0.1, -0.05) is 84.8 Å². The minimum absolute atomic E-state index is 0.209. The number of rotatable bonds is 8. The average molecular weight is 533 g/mol. The molecule has 0 radical (unpaired) electrons. The molecular weight excluding hydrogens is 496 g/mol. The molecule has 1 fully saturated rings. The summed E-state index contributed by atoms with van der Waals surface area (Å²) >= 11 is 0. The van der Waals surface area contributed by atoms with Crippen molar-refractivity contribution in [1.29, 1.82) is 0 Å². The number of sulfonamides is 1. The van der Waals surface area contributed by atoms with Gasteiger partial charge in [0.1, 0.15) is 5.60 Å². The summed E-state index contributed by atoms with van der Waals surface area (Å²) in [5.74, 6) is -0.805. The van der Waals surface area contributed by atoms with Gasteiger partial charge in [0.25, 0.3) is 0 Å². The van der Waals surface area contributed by atoms with Gasteiger partial charge in [-0.2, -0.15) is 0 Å². The van der Waals surface area contributed by atoms with Crippen LogP contribution in [-0.4, -0.2) is 37.8 Å². The van der Waals surface area contributed by atoms with Crippen molar-refractivity contribution in [1.82, 2.24) is 4.72 Å². The van der Waals surface area contributed by atoms with Gasteiger partial charge in [0.15, 0.2) is 6.04 Å². The molecule has 0 amide bonds. The summed E-state index contributed by atoms with van der Waals surface area (Å²) in [6, 6.07) is 24.9. The number of carbonyl (C=O) groups is 1.